The second-order valence-corrected chi connectivity index (χ2v) is 5.86. The SMILES string of the molecule is COc1cc(Cn2ccnc2)ccc1-c1cc(-c2ccccc2O)no1. The topological polar surface area (TPSA) is 73.3 Å². The first-order chi connectivity index (χ1) is 12.7. The van der Waals surface area contributed by atoms with Crippen LogP contribution in [0.25, 0.3) is 22.6 Å². The first kappa shape index (κ1) is 16.0. The van der Waals surface area contributed by atoms with Crippen LogP contribution < -0.4 is 4.74 Å². The molecule has 0 saturated heterocycles. The quantitative estimate of drug-likeness (QED) is 0.591. The number of imidazole rings is 1. The lowest BCUT2D eigenvalue weighted by atomic mass is 10.1. The van der Waals surface area contributed by atoms with Gasteiger partial charge in [0, 0.05) is 30.6 Å². The average molecular weight is 347 g/mol. The van der Waals surface area contributed by atoms with Gasteiger partial charge < -0.3 is 18.9 Å². The van der Waals surface area contributed by atoms with Crippen molar-refractivity contribution in [3.05, 3.63) is 72.8 Å². The lowest BCUT2D eigenvalue weighted by molar-refractivity contribution is 0.406. The van der Waals surface area contributed by atoms with Crippen LogP contribution in [0.5, 0.6) is 11.5 Å². The smallest absolute Gasteiger partial charge is 0.171 e. The number of ether oxygens (including phenoxy) is 1. The Labute approximate surface area is 150 Å². The number of rotatable bonds is 5. The molecule has 2 heterocycles. The van der Waals surface area contributed by atoms with E-state index in [1.54, 1.807) is 43.9 Å². The lowest BCUT2D eigenvalue weighted by Crippen LogP contribution is -1.97. The number of methoxy groups -OCH3 is 1. The van der Waals surface area contributed by atoms with Crippen LogP contribution in [0.4, 0.5) is 0 Å². The van der Waals surface area contributed by atoms with Crippen LogP contribution in [0.3, 0.4) is 0 Å². The van der Waals surface area contributed by atoms with Crippen molar-refractivity contribution < 1.29 is 14.4 Å². The molecule has 0 aliphatic carbocycles. The van der Waals surface area contributed by atoms with Crippen molar-refractivity contribution in [2.75, 3.05) is 7.11 Å². The minimum absolute atomic E-state index is 0.162. The molecule has 0 amide bonds. The maximum absolute atomic E-state index is 9.99. The van der Waals surface area contributed by atoms with Crippen molar-refractivity contribution in [3.8, 4) is 34.1 Å². The molecule has 0 unspecified atom stereocenters. The van der Waals surface area contributed by atoms with Crippen LogP contribution >= 0.6 is 0 Å². The number of nitrogens with zero attached hydrogens (tertiary/aromatic N) is 3. The zero-order chi connectivity index (χ0) is 17.9. The molecule has 2 aromatic heterocycles. The number of aromatic hydroxyl groups is 1. The summed E-state index contributed by atoms with van der Waals surface area (Å²) < 4.78 is 13.0. The molecule has 0 aliphatic heterocycles. The second-order valence-electron chi connectivity index (χ2n) is 5.86. The van der Waals surface area contributed by atoms with E-state index in [9.17, 15) is 5.11 Å². The average Bonchev–Trinajstić information content (AvgIpc) is 3.34. The molecule has 4 rings (SSSR count). The van der Waals surface area contributed by atoms with Crippen LogP contribution in [-0.2, 0) is 6.54 Å². The lowest BCUT2D eigenvalue weighted by Gasteiger charge is -2.09. The van der Waals surface area contributed by atoms with E-state index in [2.05, 4.69) is 10.1 Å². The van der Waals surface area contributed by atoms with E-state index < -0.39 is 0 Å². The predicted molar refractivity (Wildman–Crippen MR) is 96.9 cm³/mol. The van der Waals surface area contributed by atoms with Gasteiger partial charge >= 0.3 is 0 Å². The third-order valence-corrected chi connectivity index (χ3v) is 4.15. The van der Waals surface area contributed by atoms with E-state index in [1.165, 1.54) is 0 Å². The molecule has 0 saturated carbocycles. The van der Waals surface area contributed by atoms with E-state index >= 15 is 0 Å². The number of hydrogen-bond acceptors (Lipinski definition) is 5. The summed E-state index contributed by atoms with van der Waals surface area (Å²) >= 11 is 0. The fraction of sp³-hybridized carbons (Fsp3) is 0.100. The summed E-state index contributed by atoms with van der Waals surface area (Å²) in [4.78, 5) is 4.05. The molecule has 0 spiro atoms. The van der Waals surface area contributed by atoms with Gasteiger partial charge in [-0.1, -0.05) is 23.4 Å². The monoisotopic (exact) mass is 347 g/mol. The zero-order valence-corrected chi connectivity index (χ0v) is 14.2. The minimum atomic E-state index is 0.162. The fourth-order valence-corrected chi connectivity index (χ4v) is 2.85. The van der Waals surface area contributed by atoms with Crippen molar-refractivity contribution in [2.45, 2.75) is 6.54 Å². The molecule has 0 fully saturated rings. The molecule has 130 valence electrons. The molecule has 4 aromatic rings. The summed E-state index contributed by atoms with van der Waals surface area (Å²) in [6.45, 7) is 0.705. The first-order valence-corrected chi connectivity index (χ1v) is 8.12. The number of hydrogen-bond donors (Lipinski definition) is 1. The van der Waals surface area contributed by atoms with Crippen LogP contribution in [-0.4, -0.2) is 26.9 Å². The van der Waals surface area contributed by atoms with Crippen molar-refractivity contribution in [3.63, 3.8) is 0 Å². The molecular formula is C20H17N3O3. The summed E-state index contributed by atoms with van der Waals surface area (Å²) in [6.07, 6.45) is 5.44. The molecular weight excluding hydrogens is 330 g/mol. The van der Waals surface area contributed by atoms with Gasteiger partial charge in [-0.15, -0.1) is 0 Å². The van der Waals surface area contributed by atoms with Crippen molar-refractivity contribution in [1.29, 1.82) is 0 Å². The highest BCUT2D eigenvalue weighted by molar-refractivity contribution is 5.73. The second kappa shape index (κ2) is 6.76. The molecule has 6 heteroatoms. The van der Waals surface area contributed by atoms with Gasteiger partial charge in [-0.2, -0.15) is 0 Å². The third kappa shape index (κ3) is 3.04. The molecule has 0 bridgehead atoms. The number of para-hydroxylation sites is 1. The maximum atomic E-state index is 9.99. The Hall–Kier alpha value is -3.54. The molecule has 26 heavy (non-hydrogen) atoms. The van der Waals surface area contributed by atoms with Crippen LogP contribution in [0.2, 0.25) is 0 Å². The summed E-state index contributed by atoms with van der Waals surface area (Å²) in [5, 5.41) is 14.1. The molecule has 1 N–H and O–H groups in total. The van der Waals surface area contributed by atoms with Gasteiger partial charge in [-0.05, 0) is 29.8 Å². The Morgan fingerprint density at radius 2 is 2.00 bits per heavy atom. The zero-order valence-electron chi connectivity index (χ0n) is 14.2. The maximum Gasteiger partial charge on any atom is 0.171 e. The summed E-state index contributed by atoms with van der Waals surface area (Å²) in [5.74, 6) is 1.44. The fourth-order valence-electron chi connectivity index (χ4n) is 2.85. The van der Waals surface area contributed by atoms with Gasteiger partial charge in [0.2, 0.25) is 0 Å². The summed E-state index contributed by atoms with van der Waals surface area (Å²) in [6, 6.07) is 14.7. The standard InChI is InChI=1S/C20H17N3O3/c1-25-19-10-14(12-23-9-8-21-13-23)6-7-16(19)20-11-17(22-26-20)15-4-2-3-5-18(15)24/h2-11,13,24H,12H2,1H3. The Kier molecular flexibility index (Phi) is 4.15. The van der Waals surface area contributed by atoms with E-state index in [0.717, 1.165) is 11.1 Å². The van der Waals surface area contributed by atoms with Gasteiger partial charge in [-0.3, -0.25) is 0 Å². The first-order valence-electron chi connectivity index (χ1n) is 8.12. The summed E-state index contributed by atoms with van der Waals surface area (Å²) in [5.41, 5.74) is 3.08. The molecule has 2 aromatic carbocycles. The van der Waals surface area contributed by atoms with Crippen LogP contribution in [0.1, 0.15) is 5.56 Å². The van der Waals surface area contributed by atoms with Gasteiger partial charge in [-0.25, -0.2) is 4.98 Å². The Bertz CT molecular complexity index is 1020. The van der Waals surface area contributed by atoms with Crippen molar-refractivity contribution >= 4 is 0 Å². The number of benzene rings is 2. The largest absolute Gasteiger partial charge is 0.507 e. The summed E-state index contributed by atoms with van der Waals surface area (Å²) in [7, 11) is 1.63. The highest BCUT2D eigenvalue weighted by Crippen LogP contribution is 2.35. The molecule has 0 radical (unpaired) electrons. The van der Waals surface area contributed by atoms with Crippen molar-refractivity contribution in [1.82, 2.24) is 14.7 Å². The Balaban J connectivity index is 1.66. The highest BCUT2D eigenvalue weighted by atomic mass is 16.5. The van der Waals surface area contributed by atoms with Gasteiger partial charge in [0.05, 0.1) is 19.0 Å². The Morgan fingerprint density at radius 1 is 1.12 bits per heavy atom. The van der Waals surface area contributed by atoms with E-state index in [4.69, 9.17) is 9.26 Å². The molecule has 0 atom stereocenters. The highest BCUT2D eigenvalue weighted by Gasteiger charge is 2.15. The number of phenols is 1. The van der Waals surface area contributed by atoms with Gasteiger partial charge in [0.25, 0.3) is 0 Å². The van der Waals surface area contributed by atoms with E-state index in [1.807, 2.05) is 35.0 Å². The third-order valence-electron chi connectivity index (χ3n) is 4.15. The normalized spacial score (nSPS) is 10.8. The van der Waals surface area contributed by atoms with Gasteiger partial charge in [0.1, 0.15) is 17.2 Å². The predicted octanol–water partition coefficient (Wildman–Crippen LogP) is 3.97. The van der Waals surface area contributed by atoms with E-state index in [-0.39, 0.29) is 5.75 Å². The number of aromatic nitrogens is 3. The van der Waals surface area contributed by atoms with E-state index in [0.29, 0.717) is 29.3 Å². The molecule has 6 nitrogen and oxygen atoms in total. The van der Waals surface area contributed by atoms with Crippen molar-refractivity contribution in [2.24, 2.45) is 0 Å². The minimum Gasteiger partial charge on any atom is -0.507 e. The van der Waals surface area contributed by atoms with Crippen LogP contribution in [0, 0.1) is 0 Å². The van der Waals surface area contributed by atoms with Gasteiger partial charge in [0.15, 0.2) is 5.76 Å². The number of phenolic OH excluding ortho intramolecular Hbond substituents is 1. The molecule has 0 aliphatic rings. The Morgan fingerprint density at radius 3 is 2.77 bits per heavy atom. The van der Waals surface area contributed by atoms with Crippen LogP contribution in [0.15, 0.2) is 71.8 Å².